The number of benzene rings is 2. The van der Waals surface area contributed by atoms with Crippen molar-refractivity contribution in [1.82, 2.24) is 19.7 Å². The molecule has 1 aliphatic heterocycles. The summed E-state index contributed by atoms with van der Waals surface area (Å²) in [6, 6.07) is 14.5. The zero-order chi connectivity index (χ0) is 20.9. The predicted octanol–water partition coefficient (Wildman–Crippen LogP) is 3.47. The first-order valence-electron chi connectivity index (χ1n) is 9.85. The lowest BCUT2D eigenvalue weighted by molar-refractivity contribution is -0.121. The third kappa shape index (κ3) is 4.86. The molecular formula is C22H22ClN5O2. The molecule has 30 heavy (non-hydrogen) atoms. The molecule has 1 saturated heterocycles. The number of rotatable bonds is 5. The van der Waals surface area contributed by atoms with E-state index >= 15 is 0 Å². The van der Waals surface area contributed by atoms with Crippen molar-refractivity contribution in [1.29, 1.82) is 0 Å². The molecule has 3 aromatic rings. The van der Waals surface area contributed by atoms with Crippen molar-refractivity contribution in [2.24, 2.45) is 5.92 Å². The summed E-state index contributed by atoms with van der Waals surface area (Å²) in [5.41, 5.74) is 2.33. The van der Waals surface area contributed by atoms with Crippen LogP contribution in [0, 0.1) is 5.92 Å². The van der Waals surface area contributed by atoms with E-state index in [1.165, 1.54) is 6.33 Å². The second-order valence-electron chi connectivity index (χ2n) is 7.38. The number of piperidine rings is 1. The van der Waals surface area contributed by atoms with Gasteiger partial charge in [0.25, 0.3) is 5.91 Å². The van der Waals surface area contributed by atoms with Crippen LogP contribution in [0.3, 0.4) is 0 Å². The van der Waals surface area contributed by atoms with Gasteiger partial charge in [-0.25, -0.2) is 9.67 Å². The van der Waals surface area contributed by atoms with Crippen LogP contribution in [0.15, 0.2) is 61.2 Å². The Labute approximate surface area is 179 Å². The van der Waals surface area contributed by atoms with Crippen molar-refractivity contribution in [3.05, 3.63) is 77.3 Å². The monoisotopic (exact) mass is 423 g/mol. The van der Waals surface area contributed by atoms with Crippen LogP contribution in [-0.2, 0) is 11.3 Å². The van der Waals surface area contributed by atoms with Gasteiger partial charge >= 0.3 is 0 Å². The molecule has 0 aliphatic carbocycles. The van der Waals surface area contributed by atoms with Crippen LogP contribution in [0.25, 0.3) is 0 Å². The van der Waals surface area contributed by atoms with E-state index in [0.717, 1.165) is 24.1 Å². The molecule has 2 heterocycles. The third-order valence-corrected chi connectivity index (χ3v) is 5.43. The number of carbonyl (C=O) groups excluding carboxylic acids is 2. The number of amides is 2. The van der Waals surface area contributed by atoms with E-state index < -0.39 is 0 Å². The Hall–Kier alpha value is -3.19. The van der Waals surface area contributed by atoms with Crippen LogP contribution in [0.5, 0.6) is 0 Å². The molecule has 2 amide bonds. The second kappa shape index (κ2) is 9.09. The Morgan fingerprint density at radius 2 is 2.00 bits per heavy atom. The van der Waals surface area contributed by atoms with Gasteiger partial charge in [-0.15, -0.1) is 0 Å². The summed E-state index contributed by atoms with van der Waals surface area (Å²) in [6.45, 7) is 1.64. The number of hydrogen-bond donors (Lipinski definition) is 1. The van der Waals surface area contributed by atoms with Gasteiger partial charge in [-0.3, -0.25) is 9.59 Å². The Bertz CT molecular complexity index is 1020. The molecule has 1 atom stereocenters. The van der Waals surface area contributed by atoms with E-state index in [1.807, 2.05) is 24.3 Å². The van der Waals surface area contributed by atoms with Gasteiger partial charge in [-0.2, -0.15) is 5.10 Å². The van der Waals surface area contributed by atoms with E-state index in [1.54, 1.807) is 40.2 Å². The highest BCUT2D eigenvalue weighted by Gasteiger charge is 2.29. The van der Waals surface area contributed by atoms with Crippen molar-refractivity contribution in [3.8, 4) is 0 Å². The number of nitrogens with one attached hydrogen (secondary N) is 1. The molecule has 1 fully saturated rings. The molecular weight excluding hydrogens is 402 g/mol. The van der Waals surface area contributed by atoms with E-state index in [4.69, 9.17) is 11.6 Å². The van der Waals surface area contributed by atoms with Crippen molar-refractivity contribution in [3.63, 3.8) is 0 Å². The summed E-state index contributed by atoms with van der Waals surface area (Å²) in [7, 11) is 0. The fourth-order valence-corrected chi connectivity index (χ4v) is 3.77. The number of likely N-dealkylation sites (tertiary alicyclic amines) is 1. The van der Waals surface area contributed by atoms with Crippen molar-refractivity contribution in [2.75, 3.05) is 18.4 Å². The summed E-state index contributed by atoms with van der Waals surface area (Å²) < 4.78 is 1.72. The zero-order valence-electron chi connectivity index (χ0n) is 16.4. The molecule has 0 saturated carbocycles. The normalized spacial score (nSPS) is 16.3. The van der Waals surface area contributed by atoms with Crippen LogP contribution < -0.4 is 5.32 Å². The minimum Gasteiger partial charge on any atom is -0.338 e. The van der Waals surface area contributed by atoms with Gasteiger partial charge in [0.1, 0.15) is 12.7 Å². The van der Waals surface area contributed by atoms with Gasteiger partial charge in [0.2, 0.25) is 5.91 Å². The number of hydrogen-bond acceptors (Lipinski definition) is 4. The largest absolute Gasteiger partial charge is 0.338 e. The van der Waals surface area contributed by atoms with E-state index in [0.29, 0.717) is 30.2 Å². The van der Waals surface area contributed by atoms with Gasteiger partial charge in [0, 0.05) is 29.4 Å². The molecule has 0 bridgehead atoms. The molecule has 4 rings (SSSR count). The maximum atomic E-state index is 12.9. The van der Waals surface area contributed by atoms with Crippen molar-refractivity contribution >= 4 is 29.1 Å². The van der Waals surface area contributed by atoms with Crippen LogP contribution in [0.2, 0.25) is 5.02 Å². The first kappa shape index (κ1) is 20.1. The Kier molecular flexibility index (Phi) is 6.09. The topological polar surface area (TPSA) is 80.1 Å². The average Bonchev–Trinajstić information content (AvgIpc) is 3.27. The second-order valence-corrected chi connectivity index (χ2v) is 7.82. The summed E-state index contributed by atoms with van der Waals surface area (Å²) in [4.78, 5) is 31.3. The molecule has 0 spiro atoms. The number of anilines is 1. The van der Waals surface area contributed by atoms with Gasteiger partial charge in [-0.1, -0.05) is 23.7 Å². The van der Waals surface area contributed by atoms with E-state index in [9.17, 15) is 9.59 Å². The van der Waals surface area contributed by atoms with Gasteiger partial charge in [0.05, 0.1) is 12.5 Å². The number of aromatic nitrogens is 3. The molecule has 1 unspecified atom stereocenters. The summed E-state index contributed by atoms with van der Waals surface area (Å²) in [5, 5.41) is 7.69. The molecule has 0 radical (unpaired) electrons. The average molecular weight is 424 g/mol. The van der Waals surface area contributed by atoms with E-state index in [2.05, 4.69) is 15.4 Å². The third-order valence-electron chi connectivity index (χ3n) is 5.18. The van der Waals surface area contributed by atoms with Crippen molar-refractivity contribution in [2.45, 2.75) is 19.4 Å². The maximum absolute atomic E-state index is 12.9. The Morgan fingerprint density at radius 3 is 2.77 bits per heavy atom. The lowest BCUT2D eigenvalue weighted by Gasteiger charge is -2.32. The fourth-order valence-electron chi connectivity index (χ4n) is 3.64. The van der Waals surface area contributed by atoms with Crippen molar-refractivity contribution < 1.29 is 9.59 Å². The minimum absolute atomic E-state index is 0.0680. The molecule has 7 nitrogen and oxygen atoms in total. The molecule has 1 aliphatic rings. The fraction of sp³-hybridized carbons (Fsp3) is 0.273. The SMILES string of the molecule is O=C(Nc1cccc(Cn2cncn2)c1)C1CCCN(C(=O)c2ccc(Cl)cc2)C1. The number of nitrogens with zero attached hydrogens (tertiary/aromatic N) is 4. The Morgan fingerprint density at radius 1 is 1.17 bits per heavy atom. The maximum Gasteiger partial charge on any atom is 0.253 e. The highest BCUT2D eigenvalue weighted by molar-refractivity contribution is 6.30. The Balaban J connectivity index is 1.38. The van der Waals surface area contributed by atoms with E-state index in [-0.39, 0.29) is 17.7 Å². The van der Waals surface area contributed by atoms with Crippen LogP contribution in [0.1, 0.15) is 28.8 Å². The quantitative estimate of drug-likeness (QED) is 0.681. The molecule has 154 valence electrons. The summed E-state index contributed by atoms with van der Waals surface area (Å²) in [6.07, 6.45) is 4.70. The zero-order valence-corrected chi connectivity index (χ0v) is 17.1. The first-order valence-corrected chi connectivity index (χ1v) is 10.2. The molecule has 2 aromatic carbocycles. The smallest absolute Gasteiger partial charge is 0.253 e. The lowest BCUT2D eigenvalue weighted by atomic mass is 9.96. The molecule has 1 aromatic heterocycles. The van der Waals surface area contributed by atoms with Gasteiger partial charge in [0.15, 0.2) is 0 Å². The van der Waals surface area contributed by atoms with Crippen LogP contribution in [0.4, 0.5) is 5.69 Å². The molecule has 8 heteroatoms. The highest BCUT2D eigenvalue weighted by Crippen LogP contribution is 2.22. The number of halogens is 1. The predicted molar refractivity (Wildman–Crippen MR) is 114 cm³/mol. The first-order chi connectivity index (χ1) is 14.6. The van der Waals surface area contributed by atoms with Crippen LogP contribution >= 0.6 is 11.6 Å². The van der Waals surface area contributed by atoms with Gasteiger partial charge < -0.3 is 10.2 Å². The standard InChI is InChI=1S/C22H22ClN5O2/c23-19-8-6-17(7-9-19)22(30)27-10-2-4-18(13-27)21(29)26-20-5-1-3-16(11-20)12-28-15-24-14-25-28/h1,3,5-9,11,14-15,18H,2,4,10,12-13H2,(H,26,29). The van der Waals surface area contributed by atoms with Crippen LogP contribution in [-0.4, -0.2) is 44.6 Å². The minimum atomic E-state index is -0.242. The number of carbonyl (C=O) groups is 2. The summed E-state index contributed by atoms with van der Waals surface area (Å²) >= 11 is 5.91. The lowest BCUT2D eigenvalue weighted by Crippen LogP contribution is -2.43. The highest BCUT2D eigenvalue weighted by atomic mass is 35.5. The summed E-state index contributed by atoms with van der Waals surface area (Å²) in [5.74, 6) is -0.380. The molecule has 1 N–H and O–H groups in total. The van der Waals surface area contributed by atoms with Gasteiger partial charge in [-0.05, 0) is 54.8 Å².